The lowest BCUT2D eigenvalue weighted by molar-refractivity contribution is -0.275. The van der Waals surface area contributed by atoms with Crippen LogP contribution in [0.3, 0.4) is 0 Å². The standard InChI is InChI=1S/C22H22F5NO5/c1-5-32-20(30)15-13(29)8-9-28-17(15)19-14(10(2)21(3,33-19)22(25,26)27)11-6-7-12(23)16(24)18(11)31-4/h6-10,14,19H,5H2,1-4H3,(H,28,29)/t10-,14-,19+,21+/m0/s1. The lowest BCUT2D eigenvalue weighted by Gasteiger charge is -2.32. The molecule has 33 heavy (non-hydrogen) atoms. The second-order valence-corrected chi connectivity index (χ2v) is 7.79. The number of pyridine rings is 1. The molecule has 3 rings (SSSR count). The Morgan fingerprint density at radius 3 is 2.48 bits per heavy atom. The number of carbonyl (C=O) groups is 1. The third kappa shape index (κ3) is 3.98. The van der Waals surface area contributed by atoms with Crippen molar-refractivity contribution in [3.63, 3.8) is 0 Å². The van der Waals surface area contributed by atoms with Gasteiger partial charge in [0.25, 0.3) is 0 Å². The Kier molecular flexibility index (Phi) is 6.56. The van der Waals surface area contributed by atoms with Crippen LogP contribution in [0.25, 0.3) is 0 Å². The zero-order chi connectivity index (χ0) is 24.7. The number of nitrogens with one attached hydrogen (secondary N) is 1. The second kappa shape index (κ2) is 8.77. The van der Waals surface area contributed by atoms with Gasteiger partial charge in [-0.2, -0.15) is 17.6 Å². The van der Waals surface area contributed by atoms with E-state index >= 15 is 0 Å². The number of methoxy groups -OCH3 is 1. The molecule has 0 saturated carbocycles. The van der Waals surface area contributed by atoms with Gasteiger partial charge in [-0.05, 0) is 19.9 Å². The van der Waals surface area contributed by atoms with Crippen molar-refractivity contribution >= 4 is 5.97 Å². The van der Waals surface area contributed by atoms with Crippen LogP contribution in [-0.4, -0.2) is 36.4 Å². The molecular weight excluding hydrogens is 453 g/mol. The first-order valence-electron chi connectivity index (χ1n) is 10.0. The average Bonchev–Trinajstić information content (AvgIpc) is 3.01. The van der Waals surface area contributed by atoms with E-state index in [1.165, 1.54) is 13.8 Å². The summed E-state index contributed by atoms with van der Waals surface area (Å²) in [4.78, 5) is 27.6. The van der Waals surface area contributed by atoms with Crippen molar-refractivity contribution in [1.29, 1.82) is 0 Å². The highest BCUT2D eigenvalue weighted by Gasteiger charge is 2.65. The molecule has 4 atom stereocenters. The summed E-state index contributed by atoms with van der Waals surface area (Å²) in [5, 5.41) is 0. The second-order valence-electron chi connectivity index (χ2n) is 7.79. The number of alkyl halides is 3. The summed E-state index contributed by atoms with van der Waals surface area (Å²) in [7, 11) is 1.05. The number of H-pyrrole nitrogens is 1. The number of aromatic amines is 1. The summed E-state index contributed by atoms with van der Waals surface area (Å²) in [5.41, 5.74) is -4.46. The van der Waals surface area contributed by atoms with E-state index in [4.69, 9.17) is 14.2 Å². The average molecular weight is 475 g/mol. The molecule has 11 heteroatoms. The molecule has 0 spiro atoms. The largest absolute Gasteiger partial charge is 0.493 e. The van der Waals surface area contributed by atoms with Gasteiger partial charge in [0, 0.05) is 29.7 Å². The third-order valence-electron chi connectivity index (χ3n) is 6.07. The Balaban J connectivity index is 2.31. The molecule has 0 aliphatic carbocycles. The van der Waals surface area contributed by atoms with Crippen LogP contribution >= 0.6 is 0 Å². The Hall–Kier alpha value is -2.95. The molecule has 0 radical (unpaired) electrons. The first-order valence-corrected chi connectivity index (χ1v) is 10.0. The molecule has 1 N–H and O–H groups in total. The third-order valence-corrected chi connectivity index (χ3v) is 6.07. The molecular formula is C22H22F5NO5. The van der Waals surface area contributed by atoms with Crippen molar-refractivity contribution < 1.29 is 41.0 Å². The number of aromatic nitrogens is 1. The zero-order valence-corrected chi connectivity index (χ0v) is 18.2. The number of halogens is 5. The van der Waals surface area contributed by atoms with E-state index in [-0.39, 0.29) is 17.9 Å². The minimum Gasteiger partial charge on any atom is -0.493 e. The number of esters is 1. The van der Waals surface area contributed by atoms with Gasteiger partial charge in [0.05, 0.1) is 19.4 Å². The van der Waals surface area contributed by atoms with Gasteiger partial charge in [-0.3, -0.25) is 4.79 Å². The molecule has 0 bridgehead atoms. The van der Waals surface area contributed by atoms with E-state index in [1.54, 1.807) is 0 Å². The van der Waals surface area contributed by atoms with Crippen LogP contribution in [0.1, 0.15) is 54.4 Å². The smallest absolute Gasteiger partial charge is 0.417 e. The summed E-state index contributed by atoms with van der Waals surface area (Å²) in [6.07, 6.45) is -5.29. The molecule has 6 nitrogen and oxygen atoms in total. The van der Waals surface area contributed by atoms with Crippen LogP contribution in [0.5, 0.6) is 5.75 Å². The van der Waals surface area contributed by atoms with Gasteiger partial charge in [0.15, 0.2) is 22.6 Å². The van der Waals surface area contributed by atoms with Gasteiger partial charge in [-0.1, -0.05) is 13.0 Å². The van der Waals surface area contributed by atoms with Crippen LogP contribution in [0.15, 0.2) is 29.2 Å². The number of rotatable bonds is 5. The van der Waals surface area contributed by atoms with E-state index in [1.807, 2.05) is 0 Å². The minimum absolute atomic E-state index is 0.0881. The monoisotopic (exact) mass is 475 g/mol. The molecule has 0 unspecified atom stereocenters. The van der Waals surface area contributed by atoms with Gasteiger partial charge in [0.1, 0.15) is 11.7 Å². The summed E-state index contributed by atoms with van der Waals surface area (Å²) < 4.78 is 86.0. The fourth-order valence-corrected chi connectivity index (χ4v) is 4.20. The Morgan fingerprint density at radius 1 is 1.24 bits per heavy atom. The fourth-order valence-electron chi connectivity index (χ4n) is 4.20. The summed E-state index contributed by atoms with van der Waals surface area (Å²) in [6.45, 7) is 3.47. The summed E-state index contributed by atoms with van der Waals surface area (Å²) >= 11 is 0. The van der Waals surface area contributed by atoms with E-state index in [0.29, 0.717) is 0 Å². The molecule has 1 aliphatic rings. The number of hydrogen-bond donors (Lipinski definition) is 1. The quantitative estimate of drug-likeness (QED) is 0.503. The molecule has 1 saturated heterocycles. The maximum atomic E-state index is 14.5. The van der Waals surface area contributed by atoms with Crippen molar-refractivity contribution in [3.8, 4) is 5.75 Å². The maximum absolute atomic E-state index is 14.5. The van der Waals surface area contributed by atoms with Crippen molar-refractivity contribution in [3.05, 3.63) is 63.1 Å². The molecule has 1 aromatic carbocycles. The normalized spacial score (nSPS) is 25.2. The van der Waals surface area contributed by atoms with Crippen molar-refractivity contribution in [2.75, 3.05) is 13.7 Å². The number of carbonyl (C=O) groups excluding carboxylic acids is 1. The molecule has 1 aliphatic heterocycles. The molecule has 0 amide bonds. The van der Waals surface area contributed by atoms with Gasteiger partial charge in [-0.15, -0.1) is 0 Å². The summed E-state index contributed by atoms with van der Waals surface area (Å²) in [5.74, 6) is -6.93. The van der Waals surface area contributed by atoms with Crippen LogP contribution in [0, 0.1) is 17.6 Å². The highest BCUT2D eigenvalue weighted by atomic mass is 19.4. The molecule has 2 aromatic rings. The lowest BCUT2D eigenvalue weighted by Crippen LogP contribution is -2.46. The first-order chi connectivity index (χ1) is 15.4. The van der Waals surface area contributed by atoms with Gasteiger partial charge < -0.3 is 19.2 Å². The van der Waals surface area contributed by atoms with Gasteiger partial charge in [-0.25, -0.2) is 9.18 Å². The van der Waals surface area contributed by atoms with Crippen molar-refractivity contribution in [2.24, 2.45) is 5.92 Å². The number of benzene rings is 1. The molecule has 2 heterocycles. The first kappa shape index (κ1) is 24.7. The van der Waals surface area contributed by atoms with E-state index in [9.17, 15) is 31.5 Å². The van der Waals surface area contributed by atoms with Crippen LogP contribution < -0.4 is 10.2 Å². The predicted octanol–water partition coefficient (Wildman–Crippen LogP) is 4.65. The van der Waals surface area contributed by atoms with E-state index in [0.717, 1.165) is 38.4 Å². The van der Waals surface area contributed by atoms with E-state index < -0.39 is 64.1 Å². The van der Waals surface area contributed by atoms with Crippen molar-refractivity contribution in [1.82, 2.24) is 4.98 Å². The van der Waals surface area contributed by atoms with Crippen molar-refractivity contribution in [2.45, 2.75) is 44.6 Å². The minimum atomic E-state index is -4.87. The number of ether oxygens (including phenoxy) is 3. The van der Waals surface area contributed by atoms with Gasteiger partial charge in [0.2, 0.25) is 5.82 Å². The van der Waals surface area contributed by atoms with Crippen LogP contribution in [0.4, 0.5) is 22.0 Å². The predicted molar refractivity (Wildman–Crippen MR) is 106 cm³/mol. The maximum Gasteiger partial charge on any atom is 0.417 e. The highest BCUT2D eigenvalue weighted by Crippen LogP contribution is 2.59. The Labute approximate surface area is 185 Å². The fraction of sp³-hybridized carbons (Fsp3) is 0.455. The molecule has 1 aromatic heterocycles. The zero-order valence-electron chi connectivity index (χ0n) is 18.2. The topological polar surface area (TPSA) is 77.6 Å². The number of hydrogen-bond acceptors (Lipinski definition) is 5. The molecule has 180 valence electrons. The Bertz CT molecular complexity index is 1120. The van der Waals surface area contributed by atoms with E-state index in [2.05, 4.69) is 4.98 Å². The van der Waals surface area contributed by atoms with Gasteiger partial charge >= 0.3 is 12.1 Å². The summed E-state index contributed by atoms with van der Waals surface area (Å²) in [6, 6.07) is 2.88. The lowest BCUT2D eigenvalue weighted by atomic mass is 9.76. The Morgan fingerprint density at radius 2 is 1.91 bits per heavy atom. The SMILES string of the molecule is CCOC(=O)c1c([C@@H]2O[C@@](C)(C(F)(F)F)[C@@H](C)[C@H]2c2ccc(F)c(F)c2OC)[nH]ccc1=O. The molecule has 1 fully saturated rings. The van der Waals surface area contributed by atoms with Crippen LogP contribution in [-0.2, 0) is 9.47 Å². The van der Waals surface area contributed by atoms with Crippen LogP contribution in [0.2, 0.25) is 0 Å². The highest BCUT2D eigenvalue weighted by molar-refractivity contribution is 5.90.